The third-order valence-electron chi connectivity index (χ3n) is 9.30. The van der Waals surface area contributed by atoms with Gasteiger partial charge in [0.1, 0.15) is 18.1 Å². The predicted octanol–water partition coefficient (Wildman–Crippen LogP) is 7.95. The summed E-state index contributed by atoms with van der Waals surface area (Å²) in [5, 5.41) is 32.1. The fourth-order valence-corrected chi connectivity index (χ4v) is 6.98. The molecule has 0 bridgehead atoms. The Balaban J connectivity index is 1.51. The molecule has 2 amide bonds. The zero-order valence-corrected chi connectivity index (χ0v) is 27.5. The van der Waals surface area contributed by atoms with Crippen molar-refractivity contribution in [3.05, 3.63) is 106 Å². The number of halogens is 6. The van der Waals surface area contributed by atoms with Crippen LogP contribution in [-0.4, -0.2) is 46.5 Å². The molecule has 1 fully saturated rings. The maximum Gasteiger partial charge on any atom is 0.416 e. The van der Waals surface area contributed by atoms with E-state index in [-0.39, 0.29) is 36.8 Å². The summed E-state index contributed by atoms with van der Waals surface area (Å²) in [5.41, 5.74) is -1.80. The fraction of sp³-hybridized carbons (Fsp3) is 0.368. The van der Waals surface area contributed by atoms with Crippen LogP contribution in [0.25, 0.3) is 6.08 Å². The van der Waals surface area contributed by atoms with Gasteiger partial charge in [0.25, 0.3) is 0 Å². The minimum Gasteiger partial charge on any atom is -0.508 e. The molecule has 272 valence electrons. The Labute approximate surface area is 290 Å². The van der Waals surface area contributed by atoms with Crippen molar-refractivity contribution in [1.29, 1.82) is 0 Å². The van der Waals surface area contributed by atoms with Crippen molar-refractivity contribution in [3.8, 4) is 11.5 Å². The van der Waals surface area contributed by atoms with Crippen LogP contribution >= 0.6 is 0 Å². The van der Waals surface area contributed by atoms with Crippen molar-refractivity contribution >= 4 is 23.6 Å². The molecule has 5 rings (SSSR count). The maximum absolute atomic E-state index is 13.9. The summed E-state index contributed by atoms with van der Waals surface area (Å²) in [5.74, 6) is -5.31. The van der Waals surface area contributed by atoms with Crippen LogP contribution < -0.4 is 9.64 Å². The normalized spacial score (nSPS) is 20.5. The van der Waals surface area contributed by atoms with Gasteiger partial charge in [-0.2, -0.15) is 26.3 Å². The molecule has 2 aliphatic rings. The molecule has 3 aromatic carbocycles. The summed E-state index contributed by atoms with van der Waals surface area (Å²) in [6.07, 6.45) is -7.92. The van der Waals surface area contributed by atoms with E-state index < -0.39 is 71.4 Å². The molecule has 1 aliphatic carbocycles. The third kappa shape index (κ3) is 8.48. The monoisotopic (exact) mass is 717 g/mol. The quantitative estimate of drug-likeness (QED) is 0.0998. The molecule has 0 saturated carbocycles. The van der Waals surface area contributed by atoms with Gasteiger partial charge in [0.2, 0.25) is 11.8 Å². The van der Waals surface area contributed by atoms with Crippen LogP contribution in [-0.2, 0) is 21.9 Å². The number of nitrogens with zero attached hydrogens (tertiary/aromatic N) is 1. The summed E-state index contributed by atoms with van der Waals surface area (Å²) in [4.78, 5) is 28.1. The van der Waals surface area contributed by atoms with E-state index in [2.05, 4.69) is 0 Å². The van der Waals surface area contributed by atoms with E-state index in [9.17, 15) is 51.3 Å². The lowest BCUT2D eigenvalue weighted by Crippen LogP contribution is -2.40. The summed E-state index contributed by atoms with van der Waals surface area (Å²) in [6, 6.07) is 15.7. The van der Waals surface area contributed by atoms with E-state index in [0.717, 1.165) is 17.6 Å². The number of hydrogen-bond donors (Lipinski definition) is 3. The predicted molar refractivity (Wildman–Crippen MR) is 176 cm³/mol. The Hall–Kier alpha value is -4.62. The van der Waals surface area contributed by atoms with Gasteiger partial charge < -0.3 is 20.1 Å². The molecule has 1 heterocycles. The molecule has 4 atom stereocenters. The van der Waals surface area contributed by atoms with Crippen LogP contribution in [0.1, 0.15) is 55.7 Å². The zero-order chi connectivity index (χ0) is 37.1. The number of rotatable bonds is 12. The number of allylic oxidation sites excluding steroid dienone is 1. The largest absolute Gasteiger partial charge is 0.508 e. The number of benzene rings is 3. The first kappa shape index (κ1) is 37.6. The van der Waals surface area contributed by atoms with Crippen molar-refractivity contribution in [3.63, 3.8) is 0 Å². The van der Waals surface area contributed by atoms with Crippen molar-refractivity contribution in [2.45, 2.75) is 57.5 Å². The standard InChI is InChI=1S/C38H37F6NO6/c1-2-6-22(15-23-9-12-28(47)13-10-23)11-14-32(48)33-24(21-51-29-7-4-3-5-8-29)16-30-34(31(33)20-46)36(50)45(35(30)49)27-18-25(37(39,40)41)17-26(19-27)38(42,43)44/h3-5,7-10,12-13,15,17-19,30-32,34,46-48H,2,6,11,14,16,20-21H2,1H3/b22-15+/t30-,31+,32-,34-/m1/s1. The van der Waals surface area contributed by atoms with E-state index in [0.29, 0.717) is 41.2 Å². The second kappa shape index (κ2) is 15.3. The number of para-hydroxylation sites is 1. The molecule has 0 unspecified atom stereocenters. The number of carbonyl (C=O) groups excluding carboxylic acids is 2. The number of amides is 2. The van der Waals surface area contributed by atoms with Crippen LogP contribution in [0.4, 0.5) is 32.0 Å². The third-order valence-corrected chi connectivity index (χ3v) is 9.30. The highest BCUT2D eigenvalue weighted by atomic mass is 19.4. The summed E-state index contributed by atoms with van der Waals surface area (Å²) >= 11 is 0. The average Bonchev–Trinajstić information content (AvgIpc) is 3.34. The molecule has 1 aliphatic heterocycles. The SMILES string of the molecule is CCC/C(=C\c1ccc(O)cc1)CC[C@@H](O)C1=C(COc2ccccc2)C[C@H]2C(=O)N(c3cc(C(F)(F)F)cc(C(F)(F)F)c3)C(=O)[C@H]2[C@H]1CO. The molecule has 3 aromatic rings. The van der Waals surface area contributed by atoms with Crippen LogP contribution in [0, 0.1) is 17.8 Å². The summed E-state index contributed by atoms with van der Waals surface area (Å²) < 4.78 is 88.2. The first-order chi connectivity index (χ1) is 24.1. The topological polar surface area (TPSA) is 107 Å². The van der Waals surface area contributed by atoms with Crippen molar-refractivity contribution in [2.24, 2.45) is 17.8 Å². The van der Waals surface area contributed by atoms with E-state index in [4.69, 9.17) is 4.74 Å². The molecular weight excluding hydrogens is 680 g/mol. The molecule has 51 heavy (non-hydrogen) atoms. The number of aromatic hydroxyl groups is 1. The van der Waals surface area contributed by atoms with Crippen LogP contribution in [0.15, 0.2) is 89.5 Å². The lowest BCUT2D eigenvalue weighted by Gasteiger charge is -2.36. The Bertz CT molecular complexity index is 1750. The second-order valence-electron chi connectivity index (χ2n) is 12.8. The van der Waals surface area contributed by atoms with Gasteiger partial charge in [0.15, 0.2) is 0 Å². The van der Waals surface area contributed by atoms with Crippen LogP contribution in [0.5, 0.6) is 11.5 Å². The van der Waals surface area contributed by atoms with Gasteiger partial charge in [-0.1, -0.05) is 55.3 Å². The summed E-state index contributed by atoms with van der Waals surface area (Å²) in [7, 11) is 0. The van der Waals surface area contributed by atoms with E-state index in [1.165, 1.54) is 0 Å². The number of carbonyl (C=O) groups is 2. The van der Waals surface area contributed by atoms with Gasteiger partial charge in [-0.3, -0.25) is 9.59 Å². The Morgan fingerprint density at radius 2 is 1.55 bits per heavy atom. The average molecular weight is 718 g/mol. The van der Waals surface area contributed by atoms with Gasteiger partial charge in [-0.05, 0) is 84.9 Å². The van der Waals surface area contributed by atoms with E-state index in [1.807, 2.05) is 13.0 Å². The number of phenols is 1. The molecule has 0 radical (unpaired) electrons. The first-order valence-electron chi connectivity index (χ1n) is 16.5. The highest BCUT2D eigenvalue weighted by molar-refractivity contribution is 6.22. The number of aliphatic hydroxyl groups is 2. The molecule has 1 saturated heterocycles. The number of aliphatic hydroxyl groups excluding tert-OH is 2. The van der Waals surface area contributed by atoms with Gasteiger partial charge in [-0.15, -0.1) is 0 Å². The van der Waals surface area contributed by atoms with Crippen LogP contribution in [0.2, 0.25) is 0 Å². The molecule has 7 nitrogen and oxygen atoms in total. The zero-order valence-electron chi connectivity index (χ0n) is 27.5. The molecule has 3 N–H and O–H groups in total. The Kier molecular flexibility index (Phi) is 11.3. The Morgan fingerprint density at radius 1 is 0.922 bits per heavy atom. The van der Waals surface area contributed by atoms with Crippen molar-refractivity contribution in [2.75, 3.05) is 18.1 Å². The highest BCUT2D eigenvalue weighted by Gasteiger charge is 2.56. The van der Waals surface area contributed by atoms with Gasteiger partial charge in [-0.25, -0.2) is 4.90 Å². The number of ether oxygens (including phenoxy) is 1. The van der Waals surface area contributed by atoms with Gasteiger partial charge in [0.05, 0.1) is 41.4 Å². The van der Waals surface area contributed by atoms with Crippen molar-refractivity contribution in [1.82, 2.24) is 0 Å². The molecule has 0 spiro atoms. The lowest BCUT2D eigenvalue weighted by atomic mass is 9.68. The maximum atomic E-state index is 13.9. The molecule has 13 heteroatoms. The fourth-order valence-electron chi connectivity index (χ4n) is 6.98. The lowest BCUT2D eigenvalue weighted by molar-refractivity contribution is -0.143. The smallest absolute Gasteiger partial charge is 0.416 e. The number of fused-ring (bicyclic) bond motifs is 1. The minimum absolute atomic E-state index is 0.0872. The Morgan fingerprint density at radius 3 is 2.12 bits per heavy atom. The van der Waals surface area contributed by atoms with Crippen molar-refractivity contribution < 1.29 is 56.0 Å². The van der Waals surface area contributed by atoms with Crippen LogP contribution in [0.3, 0.4) is 0 Å². The van der Waals surface area contributed by atoms with E-state index in [1.54, 1.807) is 54.6 Å². The summed E-state index contributed by atoms with van der Waals surface area (Å²) in [6.45, 7) is 1.09. The van der Waals surface area contributed by atoms with Gasteiger partial charge >= 0.3 is 12.4 Å². The number of anilines is 1. The number of imide groups is 1. The number of hydrogen-bond acceptors (Lipinski definition) is 6. The number of alkyl halides is 6. The van der Waals surface area contributed by atoms with E-state index >= 15 is 0 Å². The molecular formula is C38H37F6NO6. The second-order valence-corrected chi connectivity index (χ2v) is 12.8. The minimum atomic E-state index is -5.21. The first-order valence-corrected chi connectivity index (χ1v) is 16.5. The highest BCUT2D eigenvalue weighted by Crippen LogP contribution is 2.48. The molecule has 0 aromatic heterocycles. The number of phenolic OH excluding ortho intramolecular Hbond substituents is 1. The van der Waals surface area contributed by atoms with Gasteiger partial charge in [0, 0.05) is 5.92 Å².